The summed E-state index contributed by atoms with van der Waals surface area (Å²) >= 11 is 0. The van der Waals surface area contributed by atoms with Crippen molar-refractivity contribution >= 4 is 5.69 Å². The molecule has 19 heavy (non-hydrogen) atoms. The van der Waals surface area contributed by atoms with Gasteiger partial charge in [0.15, 0.2) is 0 Å². The largest absolute Gasteiger partial charge is 0.495 e. The predicted octanol–water partition coefficient (Wildman–Crippen LogP) is 2.83. The molecule has 1 aliphatic heterocycles. The van der Waals surface area contributed by atoms with Gasteiger partial charge in [0, 0.05) is 25.7 Å². The maximum absolute atomic E-state index is 5.51. The number of benzene rings is 1. The molecule has 1 saturated heterocycles. The van der Waals surface area contributed by atoms with Crippen molar-refractivity contribution in [2.24, 2.45) is 5.41 Å². The van der Waals surface area contributed by atoms with E-state index in [2.05, 4.69) is 56.1 Å². The van der Waals surface area contributed by atoms with E-state index in [-0.39, 0.29) is 5.41 Å². The number of aryl methyl sites for hydroxylation is 1. The third-order valence-electron chi connectivity index (χ3n) is 3.90. The Labute approximate surface area is 116 Å². The molecule has 0 aliphatic carbocycles. The van der Waals surface area contributed by atoms with E-state index in [0.717, 1.165) is 25.4 Å². The Bertz CT molecular complexity index is 437. The lowest BCUT2D eigenvalue weighted by Gasteiger charge is -2.41. The first kappa shape index (κ1) is 14.2. The lowest BCUT2D eigenvalue weighted by molar-refractivity contribution is 0.253. The standard InChI is InChI=1S/C16H26N2O/c1-12-6-7-14(19-5)13(10-12)18-9-8-17-15(11-18)16(2,3)4/h6-7,10,15,17H,8-9,11H2,1-5H3. The molecule has 2 rings (SSSR count). The first-order valence-corrected chi connectivity index (χ1v) is 7.05. The fraction of sp³-hybridized carbons (Fsp3) is 0.625. The first-order valence-electron chi connectivity index (χ1n) is 7.05. The van der Waals surface area contributed by atoms with Crippen LogP contribution in [0.15, 0.2) is 18.2 Å². The molecule has 0 amide bonds. The van der Waals surface area contributed by atoms with E-state index in [1.807, 2.05) is 0 Å². The molecule has 1 unspecified atom stereocenters. The average molecular weight is 262 g/mol. The van der Waals surface area contributed by atoms with Crippen molar-refractivity contribution in [2.45, 2.75) is 33.7 Å². The summed E-state index contributed by atoms with van der Waals surface area (Å²) in [6, 6.07) is 6.90. The zero-order valence-corrected chi connectivity index (χ0v) is 12.8. The van der Waals surface area contributed by atoms with Crippen molar-refractivity contribution in [1.29, 1.82) is 0 Å². The molecule has 0 radical (unpaired) electrons. The van der Waals surface area contributed by atoms with Gasteiger partial charge in [-0.2, -0.15) is 0 Å². The van der Waals surface area contributed by atoms with Gasteiger partial charge < -0.3 is 15.0 Å². The maximum Gasteiger partial charge on any atom is 0.142 e. The van der Waals surface area contributed by atoms with Gasteiger partial charge in [-0.1, -0.05) is 26.8 Å². The quantitative estimate of drug-likeness (QED) is 0.887. The highest BCUT2D eigenvalue weighted by molar-refractivity contribution is 5.60. The number of methoxy groups -OCH3 is 1. The molecule has 0 saturated carbocycles. The number of nitrogens with zero attached hydrogens (tertiary/aromatic N) is 1. The van der Waals surface area contributed by atoms with Crippen molar-refractivity contribution in [3.05, 3.63) is 23.8 Å². The fourth-order valence-corrected chi connectivity index (χ4v) is 2.60. The number of hydrogen-bond acceptors (Lipinski definition) is 3. The molecule has 106 valence electrons. The summed E-state index contributed by atoms with van der Waals surface area (Å²) in [6.07, 6.45) is 0. The maximum atomic E-state index is 5.51. The van der Waals surface area contributed by atoms with Gasteiger partial charge in [0.1, 0.15) is 5.75 Å². The third-order valence-corrected chi connectivity index (χ3v) is 3.90. The molecular weight excluding hydrogens is 236 g/mol. The first-order chi connectivity index (χ1) is 8.91. The second-order valence-corrected chi connectivity index (χ2v) is 6.49. The molecule has 1 aromatic carbocycles. The highest BCUT2D eigenvalue weighted by Crippen LogP contribution is 2.32. The average Bonchev–Trinajstić information content (AvgIpc) is 2.38. The minimum atomic E-state index is 0.274. The lowest BCUT2D eigenvalue weighted by Crippen LogP contribution is -2.56. The number of anilines is 1. The predicted molar refractivity (Wildman–Crippen MR) is 81.2 cm³/mol. The van der Waals surface area contributed by atoms with E-state index in [9.17, 15) is 0 Å². The Hall–Kier alpha value is -1.22. The summed E-state index contributed by atoms with van der Waals surface area (Å²) in [7, 11) is 1.75. The minimum absolute atomic E-state index is 0.274. The second kappa shape index (κ2) is 5.41. The van der Waals surface area contributed by atoms with E-state index in [1.165, 1.54) is 11.3 Å². The van der Waals surface area contributed by atoms with Crippen LogP contribution in [0.4, 0.5) is 5.69 Å². The zero-order chi connectivity index (χ0) is 14.0. The minimum Gasteiger partial charge on any atom is -0.495 e. The second-order valence-electron chi connectivity index (χ2n) is 6.49. The van der Waals surface area contributed by atoms with Crippen LogP contribution in [0.25, 0.3) is 0 Å². The van der Waals surface area contributed by atoms with E-state index in [0.29, 0.717) is 6.04 Å². The third kappa shape index (κ3) is 3.21. The number of ether oxygens (including phenoxy) is 1. The van der Waals surface area contributed by atoms with Gasteiger partial charge in [0.25, 0.3) is 0 Å². The summed E-state index contributed by atoms with van der Waals surface area (Å²) in [6.45, 7) is 12.1. The van der Waals surface area contributed by atoms with E-state index in [4.69, 9.17) is 4.74 Å². The van der Waals surface area contributed by atoms with Crippen LogP contribution in [0.2, 0.25) is 0 Å². The summed E-state index contributed by atoms with van der Waals surface area (Å²) in [5, 5.41) is 3.63. The van der Waals surface area contributed by atoms with Crippen LogP contribution in [0.5, 0.6) is 5.75 Å². The van der Waals surface area contributed by atoms with E-state index < -0.39 is 0 Å². The van der Waals surface area contributed by atoms with Crippen LogP contribution in [0.1, 0.15) is 26.3 Å². The van der Waals surface area contributed by atoms with Crippen LogP contribution in [0, 0.1) is 12.3 Å². The van der Waals surface area contributed by atoms with Crippen LogP contribution in [-0.4, -0.2) is 32.8 Å². The number of hydrogen-bond donors (Lipinski definition) is 1. The summed E-state index contributed by atoms with van der Waals surface area (Å²) < 4.78 is 5.51. The van der Waals surface area contributed by atoms with Crippen molar-refractivity contribution in [1.82, 2.24) is 5.32 Å². The van der Waals surface area contributed by atoms with Gasteiger partial charge in [-0.05, 0) is 30.0 Å². The van der Waals surface area contributed by atoms with Crippen molar-refractivity contribution in [3.63, 3.8) is 0 Å². The zero-order valence-electron chi connectivity index (χ0n) is 12.8. The number of nitrogens with one attached hydrogen (secondary N) is 1. The highest BCUT2D eigenvalue weighted by Gasteiger charge is 2.30. The molecule has 0 bridgehead atoms. The molecule has 0 aromatic heterocycles. The molecule has 1 heterocycles. The topological polar surface area (TPSA) is 24.5 Å². The van der Waals surface area contributed by atoms with Gasteiger partial charge >= 0.3 is 0 Å². The lowest BCUT2D eigenvalue weighted by atomic mass is 9.85. The molecule has 1 atom stereocenters. The van der Waals surface area contributed by atoms with E-state index >= 15 is 0 Å². The van der Waals surface area contributed by atoms with Gasteiger partial charge in [-0.25, -0.2) is 0 Å². The summed E-state index contributed by atoms with van der Waals surface area (Å²) in [4.78, 5) is 2.44. The number of rotatable bonds is 2. The van der Waals surface area contributed by atoms with Gasteiger partial charge in [-0.3, -0.25) is 0 Å². The monoisotopic (exact) mass is 262 g/mol. The van der Waals surface area contributed by atoms with Crippen molar-refractivity contribution < 1.29 is 4.74 Å². The van der Waals surface area contributed by atoms with Crippen molar-refractivity contribution in [2.75, 3.05) is 31.6 Å². The van der Waals surface area contributed by atoms with Crippen LogP contribution < -0.4 is 15.0 Å². The Morgan fingerprint density at radius 3 is 2.68 bits per heavy atom. The van der Waals surface area contributed by atoms with Crippen LogP contribution in [-0.2, 0) is 0 Å². The molecule has 1 aromatic rings. The number of piperazine rings is 1. The Morgan fingerprint density at radius 2 is 2.05 bits per heavy atom. The molecule has 3 nitrogen and oxygen atoms in total. The van der Waals surface area contributed by atoms with Crippen LogP contribution >= 0.6 is 0 Å². The Kier molecular flexibility index (Phi) is 4.04. The smallest absolute Gasteiger partial charge is 0.142 e. The normalized spacial score (nSPS) is 20.5. The highest BCUT2D eigenvalue weighted by atomic mass is 16.5. The molecule has 1 N–H and O–H groups in total. The SMILES string of the molecule is COc1ccc(C)cc1N1CCNC(C(C)(C)C)C1. The molecule has 1 fully saturated rings. The van der Waals surface area contributed by atoms with Crippen molar-refractivity contribution in [3.8, 4) is 5.75 Å². The van der Waals surface area contributed by atoms with Gasteiger partial charge in [0.05, 0.1) is 12.8 Å². The molecule has 0 spiro atoms. The summed E-state index contributed by atoms with van der Waals surface area (Å²) in [5.74, 6) is 0.972. The fourth-order valence-electron chi connectivity index (χ4n) is 2.60. The summed E-state index contributed by atoms with van der Waals surface area (Å²) in [5.41, 5.74) is 2.77. The molecular formula is C16H26N2O. The molecule has 3 heteroatoms. The Morgan fingerprint density at radius 1 is 1.32 bits per heavy atom. The Balaban J connectivity index is 2.24. The van der Waals surface area contributed by atoms with Gasteiger partial charge in [0.2, 0.25) is 0 Å². The molecule has 1 aliphatic rings. The van der Waals surface area contributed by atoms with Gasteiger partial charge in [-0.15, -0.1) is 0 Å². The van der Waals surface area contributed by atoms with E-state index in [1.54, 1.807) is 7.11 Å². The van der Waals surface area contributed by atoms with Crippen LogP contribution in [0.3, 0.4) is 0 Å².